The van der Waals surface area contributed by atoms with Crippen LogP contribution < -0.4 is 5.32 Å². The van der Waals surface area contributed by atoms with Gasteiger partial charge in [0.25, 0.3) is 0 Å². The van der Waals surface area contributed by atoms with Gasteiger partial charge in [-0.05, 0) is 6.42 Å². The Labute approximate surface area is 92.0 Å². The maximum atomic E-state index is 11.8. The normalized spacial score (nSPS) is 21.8. The van der Waals surface area contributed by atoms with E-state index < -0.39 is 0 Å². The van der Waals surface area contributed by atoms with Crippen molar-refractivity contribution >= 4 is 11.7 Å². The van der Waals surface area contributed by atoms with Crippen LogP contribution in [-0.4, -0.2) is 38.4 Å². The number of rotatable bonds is 4. The van der Waals surface area contributed by atoms with Gasteiger partial charge < -0.3 is 5.32 Å². The van der Waals surface area contributed by atoms with Gasteiger partial charge in [0.1, 0.15) is 0 Å². The molecule has 1 aromatic heterocycles. The number of nitrogens with zero attached hydrogens (tertiary/aromatic N) is 3. The minimum Gasteiger partial charge on any atom is -0.346 e. The lowest BCUT2D eigenvalue weighted by molar-refractivity contribution is -0.124. The quantitative estimate of drug-likeness (QED) is 0.719. The molecule has 2 heterocycles. The zero-order valence-corrected chi connectivity index (χ0v) is 8.93. The van der Waals surface area contributed by atoms with Crippen LogP contribution in [0, 0.1) is 0 Å². The molecule has 0 aromatic carbocycles. The van der Waals surface area contributed by atoms with Gasteiger partial charge in [-0.3, -0.25) is 9.59 Å². The summed E-state index contributed by atoms with van der Waals surface area (Å²) < 4.78 is 0. The highest BCUT2D eigenvalue weighted by Crippen LogP contribution is 2.17. The lowest BCUT2D eigenvalue weighted by Gasteiger charge is -2.11. The van der Waals surface area contributed by atoms with E-state index in [2.05, 4.69) is 25.9 Å². The number of Topliss-reactive ketones (excluding diaryl/α,β-unsaturated/α-hetero) is 1. The Morgan fingerprint density at radius 2 is 2.44 bits per heavy atom. The minimum absolute atomic E-state index is 0.0307. The van der Waals surface area contributed by atoms with Gasteiger partial charge in [-0.2, -0.15) is 5.21 Å². The molecule has 2 N–H and O–H groups in total. The molecule has 1 saturated heterocycles. The second-order valence-corrected chi connectivity index (χ2v) is 4.00. The highest BCUT2D eigenvalue weighted by Gasteiger charge is 2.28. The summed E-state index contributed by atoms with van der Waals surface area (Å²) in [5.41, 5.74) is 0. The van der Waals surface area contributed by atoms with Crippen molar-refractivity contribution in [2.45, 2.75) is 38.1 Å². The Balaban J connectivity index is 1.90. The Morgan fingerprint density at radius 3 is 3.00 bits per heavy atom. The summed E-state index contributed by atoms with van der Waals surface area (Å²) in [4.78, 5) is 22.8. The molecule has 1 amide bonds. The molecule has 2 rings (SSSR count). The molecule has 1 aliphatic heterocycles. The summed E-state index contributed by atoms with van der Waals surface area (Å²) in [5, 5.41) is 16.1. The Kier molecular flexibility index (Phi) is 2.93. The molecular weight excluding hydrogens is 210 g/mol. The third kappa shape index (κ3) is 2.23. The number of carbonyl (C=O) groups is 2. The first-order valence-corrected chi connectivity index (χ1v) is 5.22. The number of amides is 1. The molecular formula is C9H13N5O2. The van der Waals surface area contributed by atoms with Crippen LogP contribution in [0.4, 0.5) is 0 Å². The number of aromatic amines is 1. The summed E-state index contributed by atoms with van der Waals surface area (Å²) in [7, 11) is 0. The van der Waals surface area contributed by atoms with Gasteiger partial charge in [0, 0.05) is 18.8 Å². The topological polar surface area (TPSA) is 101 Å². The fourth-order valence-corrected chi connectivity index (χ4v) is 1.77. The predicted octanol–water partition coefficient (Wildman–Crippen LogP) is -0.459. The minimum atomic E-state index is -0.332. The number of nitrogens with one attached hydrogen (secondary N) is 2. The number of H-pyrrole nitrogens is 1. The van der Waals surface area contributed by atoms with Crippen LogP contribution in [0.2, 0.25) is 0 Å². The number of aromatic nitrogens is 4. The lowest BCUT2D eigenvalue weighted by Crippen LogP contribution is -2.33. The van der Waals surface area contributed by atoms with E-state index in [1.165, 1.54) is 0 Å². The molecule has 16 heavy (non-hydrogen) atoms. The van der Waals surface area contributed by atoms with Crippen molar-refractivity contribution in [3.8, 4) is 0 Å². The zero-order chi connectivity index (χ0) is 11.5. The molecule has 0 spiro atoms. The van der Waals surface area contributed by atoms with Gasteiger partial charge in [0.15, 0.2) is 11.6 Å². The predicted molar refractivity (Wildman–Crippen MR) is 53.4 cm³/mol. The van der Waals surface area contributed by atoms with Gasteiger partial charge in [-0.25, -0.2) is 0 Å². The molecule has 7 heteroatoms. The third-order valence-corrected chi connectivity index (χ3v) is 2.69. The Hall–Kier alpha value is -1.79. The van der Waals surface area contributed by atoms with Crippen molar-refractivity contribution in [2.75, 3.05) is 0 Å². The number of tetrazole rings is 1. The number of hydrogen-bond donors (Lipinski definition) is 2. The number of hydrogen-bond acceptors (Lipinski definition) is 5. The van der Waals surface area contributed by atoms with Crippen LogP contribution >= 0.6 is 0 Å². The van der Waals surface area contributed by atoms with Crippen molar-refractivity contribution in [2.24, 2.45) is 0 Å². The average molecular weight is 223 g/mol. The summed E-state index contributed by atoms with van der Waals surface area (Å²) in [6.45, 7) is 1.86. The largest absolute Gasteiger partial charge is 0.346 e. The molecule has 0 radical (unpaired) electrons. The third-order valence-electron chi connectivity index (χ3n) is 2.69. The first-order chi connectivity index (χ1) is 7.66. The van der Waals surface area contributed by atoms with E-state index in [1.54, 1.807) is 0 Å². The second kappa shape index (κ2) is 4.38. The van der Waals surface area contributed by atoms with Crippen LogP contribution in [0.3, 0.4) is 0 Å². The van der Waals surface area contributed by atoms with Crippen LogP contribution in [0.25, 0.3) is 0 Å². The first kappa shape index (κ1) is 10.7. The van der Waals surface area contributed by atoms with E-state index in [0.29, 0.717) is 25.1 Å². The highest BCUT2D eigenvalue weighted by atomic mass is 16.2. The fraction of sp³-hybridized carbons (Fsp3) is 0.667. The Morgan fingerprint density at radius 1 is 1.62 bits per heavy atom. The van der Waals surface area contributed by atoms with E-state index >= 15 is 0 Å². The number of carbonyl (C=O) groups excluding carboxylic acids is 2. The monoisotopic (exact) mass is 223 g/mol. The van der Waals surface area contributed by atoms with Crippen LogP contribution in [0.15, 0.2) is 0 Å². The standard InChI is InChI=1S/C9H13N5O2/c1-5(9-11-13-14-12-9)4-7(15)6-2-3-8(16)10-6/h5-6H,2-4H2,1H3,(H,10,16)(H,11,12,13,14)/t5-,6+/m1/s1. The maximum absolute atomic E-state index is 11.8. The van der Waals surface area contributed by atoms with E-state index in [9.17, 15) is 9.59 Å². The zero-order valence-electron chi connectivity index (χ0n) is 8.93. The van der Waals surface area contributed by atoms with Crippen LogP contribution in [-0.2, 0) is 9.59 Å². The summed E-state index contributed by atoms with van der Waals surface area (Å²) in [6, 6.07) is -0.332. The maximum Gasteiger partial charge on any atom is 0.220 e. The first-order valence-electron chi connectivity index (χ1n) is 5.22. The molecule has 0 bridgehead atoms. The van der Waals surface area contributed by atoms with Gasteiger partial charge in [0.05, 0.1) is 6.04 Å². The van der Waals surface area contributed by atoms with Crippen LogP contribution in [0.1, 0.15) is 37.9 Å². The van der Waals surface area contributed by atoms with E-state index in [-0.39, 0.29) is 23.7 Å². The van der Waals surface area contributed by atoms with Gasteiger partial charge in [-0.15, -0.1) is 10.2 Å². The molecule has 86 valence electrons. The van der Waals surface area contributed by atoms with E-state index in [0.717, 1.165) is 0 Å². The van der Waals surface area contributed by atoms with Crippen molar-refractivity contribution in [3.63, 3.8) is 0 Å². The molecule has 1 aromatic rings. The molecule has 0 aliphatic carbocycles. The molecule has 0 unspecified atom stereocenters. The average Bonchev–Trinajstić information content (AvgIpc) is 2.87. The summed E-state index contributed by atoms with van der Waals surface area (Å²) >= 11 is 0. The van der Waals surface area contributed by atoms with E-state index in [1.807, 2.05) is 6.92 Å². The van der Waals surface area contributed by atoms with Crippen molar-refractivity contribution < 1.29 is 9.59 Å². The number of ketones is 1. The summed E-state index contributed by atoms with van der Waals surface area (Å²) in [6.07, 6.45) is 1.36. The molecule has 7 nitrogen and oxygen atoms in total. The Bertz CT molecular complexity index is 389. The summed E-state index contributed by atoms with van der Waals surface area (Å²) in [5.74, 6) is 0.426. The molecule has 2 atom stereocenters. The van der Waals surface area contributed by atoms with Gasteiger partial charge in [0.2, 0.25) is 5.91 Å². The lowest BCUT2D eigenvalue weighted by atomic mass is 9.99. The van der Waals surface area contributed by atoms with Crippen LogP contribution in [0.5, 0.6) is 0 Å². The van der Waals surface area contributed by atoms with Gasteiger partial charge in [-0.1, -0.05) is 12.1 Å². The SMILES string of the molecule is C[C@H](CC(=O)[C@@H]1CCC(=O)N1)c1nn[nH]n1. The molecule has 0 saturated carbocycles. The second-order valence-electron chi connectivity index (χ2n) is 4.00. The highest BCUT2D eigenvalue weighted by molar-refractivity contribution is 5.92. The van der Waals surface area contributed by atoms with Crippen molar-refractivity contribution in [1.29, 1.82) is 0 Å². The smallest absolute Gasteiger partial charge is 0.220 e. The molecule has 1 fully saturated rings. The van der Waals surface area contributed by atoms with Crippen molar-refractivity contribution in [3.05, 3.63) is 5.82 Å². The van der Waals surface area contributed by atoms with E-state index in [4.69, 9.17) is 0 Å². The fourth-order valence-electron chi connectivity index (χ4n) is 1.77. The van der Waals surface area contributed by atoms with Crippen molar-refractivity contribution in [1.82, 2.24) is 25.9 Å². The molecule has 1 aliphatic rings. The van der Waals surface area contributed by atoms with Gasteiger partial charge >= 0.3 is 0 Å².